The van der Waals surface area contributed by atoms with Gasteiger partial charge in [-0.15, -0.1) is 0 Å². The van der Waals surface area contributed by atoms with Crippen LogP contribution in [0.25, 0.3) is 0 Å². The summed E-state index contributed by atoms with van der Waals surface area (Å²) in [6, 6.07) is 2.76. The zero-order valence-corrected chi connectivity index (χ0v) is 17.2. The van der Waals surface area contributed by atoms with E-state index in [1.807, 2.05) is 32.6 Å². The van der Waals surface area contributed by atoms with Crippen LogP contribution >= 0.6 is 15.9 Å². The highest BCUT2D eigenvalue weighted by Gasteiger charge is 2.33. The molecule has 1 fully saturated rings. The van der Waals surface area contributed by atoms with Crippen molar-refractivity contribution < 1.29 is 23.5 Å². The minimum absolute atomic E-state index is 0.103. The molecule has 0 saturated carbocycles. The van der Waals surface area contributed by atoms with Crippen molar-refractivity contribution in [3.05, 3.63) is 28.0 Å². The van der Waals surface area contributed by atoms with E-state index in [2.05, 4.69) is 15.9 Å². The second kappa shape index (κ2) is 7.82. The lowest BCUT2D eigenvalue weighted by atomic mass is 10.1. The maximum absolute atomic E-state index is 14.3. The molecule has 1 heterocycles. The van der Waals surface area contributed by atoms with Gasteiger partial charge in [0.1, 0.15) is 17.0 Å². The van der Waals surface area contributed by atoms with Crippen LogP contribution in [-0.2, 0) is 9.47 Å². The molecule has 0 unspecified atom stereocenters. The molecule has 8 heteroatoms. The summed E-state index contributed by atoms with van der Waals surface area (Å²) in [4.78, 5) is 27.9. The first-order chi connectivity index (χ1) is 12.0. The predicted octanol–water partition coefficient (Wildman–Crippen LogP) is 3.82. The fourth-order valence-electron chi connectivity index (χ4n) is 2.88. The van der Waals surface area contributed by atoms with Gasteiger partial charge in [0.2, 0.25) is 0 Å². The summed E-state index contributed by atoms with van der Waals surface area (Å²) in [6.07, 6.45) is -0.377. The first kappa shape index (κ1) is 20.5. The number of piperazine rings is 1. The Morgan fingerprint density at radius 3 is 2.46 bits per heavy atom. The van der Waals surface area contributed by atoms with E-state index < -0.39 is 17.4 Å². The second-order valence-corrected chi connectivity index (χ2v) is 8.16. The van der Waals surface area contributed by atoms with Gasteiger partial charge < -0.3 is 19.3 Å². The number of rotatable bonds is 2. The Labute approximate surface area is 161 Å². The number of esters is 1. The zero-order chi connectivity index (χ0) is 19.6. The van der Waals surface area contributed by atoms with E-state index in [0.717, 1.165) is 0 Å². The number of nitrogens with zero attached hydrogens (tertiary/aromatic N) is 2. The van der Waals surface area contributed by atoms with Crippen molar-refractivity contribution in [2.75, 3.05) is 31.6 Å². The minimum Gasteiger partial charge on any atom is -0.465 e. The molecule has 6 nitrogen and oxygen atoms in total. The summed E-state index contributed by atoms with van der Waals surface area (Å²) in [5.41, 5.74) is -0.229. The SMILES string of the molecule is COC(=O)c1c(F)cc(Br)cc1N1CCN(C(=O)OC(C)(C)C)[C@H](C)C1. The van der Waals surface area contributed by atoms with Crippen LogP contribution < -0.4 is 4.90 Å². The van der Waals surface area contributed by atoms with E-state index in [0.29, 0.717) is 29.8 Å². The molecule has 0 aromatic heterocycles. The molecule has 144 valence electrons. The molecule has 2 rings (SSSR count). The quantitative estimate of drug-likeness (QED) is 0.667. The molecule has 1 aliphatic heterocycles. The molecule has 1 aromatic rings. The predicted molar refractivity (Wildman–Crippen MR) is 100 cm³/mol. The van der Waals surface area contributed by atoms with Crippen molar-refractivity contribution in [2.24, 2.45) is 0 Å². The van der Waals surface area contributed by atoms with Crippen LogP contribution in [0.15, 0.2) is 16.6 Å². The van der Waals surface area contributed by atoms with Crippen LogP contribution in [0.2, 0.25) is 0 Å². The van der Waals surface area contributed by atoms with E-state index >= 15 is 0 Å². The monoisotopic (exact) mass is 430 g/mol. The number of halogens is 2. The maximum atomic E-state index is 14.3. The van der Waals surface area contributed by atoms with E-state index in [1.165, 1.54) is 13.2 Å². The van der Waals surface area contributed by atoms with Gasteiger partial charge in [0.15, 0.2) is 0 Å². The summed E-state index contributed by atoms with van der Waals surface area (Å²) in [5, 5.41) is 0. The number of anilines is 1. The van der Waals surface area contributed by atoms with Gasteiger partial charge in [-0.1, -0.05) is 15.9 Å². The Morgan fingerprint density at radius 2 is 1.92 bits per heavy atom. The van der Waals surface area contributed by atoms with Crippen LogP contribution in [0.3, 0.4) is 0 Å². The number of hydrogen-bond donors (Lipinski definition) is 0. The van der Waals surface area contributed by atoms with Crippen LogP contribution in [0.1, 0.15) is 38.1 Å². The van der Waals surface area contributed by atoms with Crippen molar-refractivity contribution in [1.82, 2.24) is 4.90 Å². The normalized spacial score (nSPS) is 17.9. The van der Waals surface area contributed by atoms with E-state index in [9.17, 15) is 14.0 Å². The van der Waals surface area contributed by atoms with Gasteiger partial charge in [-0.25, -0.2) is 14.0 Å². The number of methoxy groups -OCH3 is 1. The molecular weight excluding hydrogens is 407 g/mol. The molecule has 0 aliphatic carbocycles. The third-order valence-electron chi connectivity index (χ3n) is 4.02. The summed E-state index contributed by atoms with van der Waals surface area (Å²) in [5.74, 6) is -1.38. The minimum atomic E-state index is -0.729. The number of benzene rings is 1. The number of carbonyl (C=O) groups excluding carboxylic acids is 2. The highest BCUT2D eigenvalue weighted by Crippen LogP contribution is 2.30. The van der Waals surface area contributed by atoms with Crippen molar-refractivity contribution in [3.63, 3.8) is 0 Å². The van der Waals surface area contributed by atoms with Gasteiger partial charge in [-0.05, 0) is 39.8 Å². The van der Waals surface area contributed by atoms with Crippen molar-refractivity contribution in [1.29, 1.82) is 0 Å². The molecule has 0 spiro atoms. The van der Waals surface area contributed by atoms with Gasteiger partial charge in [0, 0.05) is 30.1 Å². The lowest BCUT2D eigenvalue weighted by Crippen LogP contribution is -2.55. The Hall–Kier alpha value is -1.83. The Morgan fingerprint density at radius 1 is 1.27 bits per heavy atom. The van der Waals surface area contributed by atoms with Gasteiger partial charge in [-0.2, -0.15) is 0 Å². The molecule has 1 saturated heterocycles. The molecule has 26 heavy (non-hydrogen) atoms. The highest BCUT2D eigenvalue weighted by atomic mass is 79.9. The van der Waals surface area contributed by atoms with Crippen LogP contribution in [0.5, 0.6) is 0 Å². The molecule has 0 radical (unpaired) electrons. The smallest absolute Gasteiger partial charge is 0.410 e. The highest BCUT2D eigenvalue weighted by molar-refractivity contribution is 9.10. The number of hydrogen-bond acceptors (Lipinski definition) is 5. The van der Waals surface area contributed by atoms with Crippen molar-refractivity contribution in [2.45, 2.75) is 39.3 Å². The average Bonchev–Trinajstić information content (AvgIpc) is 2.51. The van der Waals surface area contributed by atoms with E-state index in [-0.39, 0.29) is 17.7 Å². The summed E-state index contributed by atoms with van der Waals surface area (Å²) < 4.78 is 25.0. The zero-order valence-electron chi connectivity index (χ0n) is 15.6. The largest absolute Gasteiger partial charge is 0.465 e. The van der Waals surface area contributed by atoms with Crippen LogP contribution in [0, 0.1) is 5.82 Å². The number of carbonyl (C=O) groups is 2. The van der Waals surface area contributed by atoms with Crippen LogP contribution in [0.4, 0.5) is 14.9 Å². The van der Waals surface area contributed by atoms with Crippen molar-refractivity contribution in [3.8, 4) is 0 Å². The lowest BCUT2D eigenvalue weighted by Gasteiger charge is -2.41. The van der Waals surface area contributed by atoms with Gasteiger partial charge in [-0.3, -0.25) is 0 Å². The van der Waals surface area contributed by atoms with Crippen molar-refractivity contribution >= 4 is 33.7 Å². The molecular formula is C18H24BrFN2O4. The molecule has 1 atom stereocenters. The lowest BCUT2D eigenvalue weighted by molar-refractivity contribution is 0.0158. The van der Waals surface area contributed by atoms with E-state index in [4.69, 9.17) is 9.47 Å². The fourth-order valence-corrected chi connectivity index (χ4v) is 3.30. The summed E-state index contributed by atoms with van der Waals surface area (Å²) in [7, 11) is 1.22. The number of amides is 1. The standard InChI is InChI=1S/C18H24BrFN2O4/c1-11-10-21(6-7-22(11)17(24)26-18(2,3)4)14-9-12(19)8-13(20)15(14)16(23)25-5/h8-9,11H,6-7,10H2,1-5H3/t11-/m1/s1. The second-order valence-electron chi connectivity index (χ2n) is 7.24. The van der Waals surface area contributed by atoms with Crippen LogP contribution in [-0.4, -0.2) is 55.3 Å². The third kappa shape index (κ3) is 4.66. The molecule has 0 bridgehead atoms. The fraction of sp³-hybridized carbons (Fsp3) is 0.556. The topological polar surface area (TPSA) is 59.1 Å². The Kier molecular flexibility index (Phi) is 6.16. The van der Waals surface area contributed by atoms with E-state index in [1.54, 1.807) is 11.0 Å². The first-order valence-corrected chi connectivity index (χ1v) is 9.14. The molecule has 1 amide bonds. The summed E-state index contributed by atoms with van der Waals surface area (Å²) in [6.45, 7) is 8.64. The Bertz CT molecular complexity index is 705. The average molecular weight is 431 g/mol. The van der Waals surface area contributed by atoms with Gasteiger partial charge >= 0.3 is 12.1 Å². The maximum Gasteiger partial charge on any atom is 0.410 e. The van der Waals surface area contributed by atoms with Gasteiger partial charge in [0.05, 0.1) is 12.8 Å². The third-order valence-corrected chi connectivity index (χ3v) is 4.48. The Balaban J connectivity index is 2.24. The molecule has 1 aliphatic rings. The first-order valence-electron chi connectivity index (χ1n) is 8.35. The summed E-state index contributed by atoms with van der Waals surface area (Å²) >= 11 is 3.26. The molecule has 0 N–H and O–H groups in total. The number of ether oxygens (including phenoxy) is 2. The molecule has 1 aromatic carbocycles. The van der Waals surface area contributed by atoms with Gasteiger partial charge in [0.25, 0.3) is 0 Å².